The lowest BCUT2D eigenvalue weighted by atomic mass is 10.0. The van der Waals surface area contributed by atoms with Crippen LogP contribution >= 0.6 is 0 Å². The summed E-state index contributed by atoms with van der Waals surface area (Å²) in [5, 5.41) is 5.13. The van der Waals surface area contributed by atoms with Crippen molar-refractivity contribution in [2.24, 2.45) is 0 Å². The fraction of sp³-hybridized carbons (Fsp3) is 0.353. The molecule has 0 amide bonds. The van der Waals surface area contributed by atoms with E-state index in [9.17, 15) is 8.42 Å². The van der Waals surface area contributed by atoms with E-state index in [1.807, 2.05) is 23.9 Å². The third-order valence-electron chi connectivity index (χ3n) is 8.61. The maximum atomic E-state index is 15.5. The minimum absolute atomic E-state index is 0.114. The lowest BCUT2D eigenvalue weighted by Crippen LogP contribution is -2.38. The van der Waals surface area contributed by atoms with Crippen LogP contribution < -0.4 is 4.74 Å². The van der Waals surface area contributed by atoms with Crippen LogP contribution in [0.3, 0.4) is 0 Å². The van der Waals surface area contributed by atoms with Crippen LogP contribution in [0.15, 0.2) is 78.2 Å². The number of aromatic nitrogens is 4. The Balaban J connectivity index is 1.25. The average Bonchev–Trinajstić information content (AvgIpc) is 3.71. The van der Waals surface area contributed by atoms with Gasteiger partial charge in [-0.2, -0.15) is 5.10 Å². The number of hydrogen-bond acceptors (Lipinski definition) is 8. The van der Waals surface area contributed by atoms with Gasteiger partial charge in [0.2, 0.25) is 0 Å². The first kappa shape index (κ1) is 30.5. The Morgan fingerprint density at radius 1 is 0.891 bits per heavy atom. The number of fused-ring (bicyclic) bond motifs is 1. The molecule has 0 bridgehead atoms. The second-order valence-electron chi connectivity index (χ2n) is 11.8. The summed E-state index contributed by atoms with van der Waals surface area (Å²) in [6.07, 6.45) is 8.21. The highest BCUT2D eigenvalue weighted by Gasteiger charge is 2.25. The molecule has 46 heavy (non-hydrogen) atoms. The standard InChI is InChI=1S/C34H36FN5O5S/c1-24-2-5-29(6-3-24)46(41,42)40-23-31(25-4-7-33(32(35)19-25)45-28-8-14-43-15-9-28)30-18-26(20-36-34(30)40)27-21-37-39(22-27)11-10-38-12-16-44-17-13-38/h2-7,18-23,28H,8-17H2,1H3. The largest absolute Gasteiger partial charge is 0.487 e. The maximum absolute atomic E-state index is 15.5. The van der Waals surface area contributed by atoms with Crippen molar-refractivity contribution < 1.29 is 27.0 Å². The molecular formula is C34H36FN5O5S. The number of aryl methyl sites for hydroxylation is 1. The summed E-state index contributed by atoms with van der Waals surface area (Å²) < 4.78 is 63.1. The first-order valence-corrected chi connectivity index (χ1v) is 17.0. The Bertz CT molecular complexity index is 1940. The molecule has 12 heteroatoms. The van der Waals surface area contributed by atoms with Gasteiger partial charge in [-0.15, -0.1) is 0 Å². The molecule has 0 radical (unpaired) electrons. The van der Waals surface area contributed by atoms with E-state index >= 15 is 4.39 Å². The summed E-state index contributed by atoms with van der Waals surface area (Å²) in [6, 6.07) is 13.3. The molecule has 240 valence electrons. The second kappa shape index (κ2) is 13.0. The van der Waals surface area contributed by atoms with Crippen LogP contribution in [0.5, 0.6) is 5.75 Å². The predicted molar refractivity (Wildman–Crippen MR) is 172 cm³/mol. The smallest absolute Gasteiger partial charge is 0.269 e. The van der Waals surface area contributed by atoms with Crippen LogP contribution in [0, 0.1) is 12.7 Å². The van der Waals surface area contributed by atoms with E-state index in [-0.39, 0.29) is 22.4 Å². The van der Waals surface area contributed by atoms with E-state index in [0.717, 1.165) is 56.1 Å². The van der Waals surface area contributed by atoms with Gasteiger partial charge in [-0.3, -0.25) is 9.58 Å². The zero-order chi connectivity index (χ0) is 31.7. The molecule has 2 aliphatic rings. The van der Waals surface area contributed by atoms with Crippen molar-refractivity contribution in [1.82, 2.24) is 23.6 Å². The van der Waals surface area contributed by atoms with E-state index in [1.54, 1.807) is 48.8 Å². The lowest BCUT2D eigenvalue weighted by Gasteiger charge is -2.26. The summed E-state index contributed by atoms with van der Waals surface area (Å²) in [4.78, 5) is 7.14. The summed E-state index contributed by atoms with van der Waals surface area (Å²) in [6.45, 7) is 7.96. The van der Waals surface area contributed by atoms with Crippen LogP contribution in [0.1, 0.15) is 18.4 Å². The van der Waals surface area contributed by atoms with Crippen molar-refractivity contribution in [3.8, 4) is 28.0 Å². The Morgan fingerprint density at radius 2 is 1.65 bits per heavy atom. The highest BCUT2D eigenvalue weighted by Crippen LogP contribution is 2.36. The zero-order valence-corrected chi connectivity index (χ0v) is 26.5. The molecular weight excluding hydrogens is 609 g/mol. The second-order valence-corrected chi connectivity index (χ2v) is 13.6. The van der Waals surface area contributed by atoms with Gasteiger partial charge in [-0.25, -0.2) is 21.8 Å². The number of hydrogen-bond donors (Lipinski definition) is 0. The lowest BCUT2D eigenvalue weighted by molar-refractivity contribution is 0.0240. The Hall–Kier alpha value is -4.10. The first-order chi connectivity index (χ1) is 22.3. The van der Waals surface area contributed by atoms with Crippen LogP contribution in [-0.4, -0.2) is 84.2 Å². The van der Waals surface area contributed by atoms with Crippen LogP contribution in [-0.2, 0) is 26.0 Å². The maximum Gasteiger partial charge on any atom is 0.269 e. The summed E-state index contributed by atoms with van der Waals surface area (Å²) >= 11 is 0. The molecule has 5 aromatic rings. The van der Waals surface area contributed by atoms with Gasteiger partial charge in [0.1, 0.15) is 6.10 Å². The molecule has 0 spiro atoms. The van der Waals surface area contributed by atoms with Gasteiger partial charge in [-0.05, 0) is 42.8 Å². The Labute approximate surface area is 267 Å². The van der Waals surface area contributed by atoms with Gasteiger partial charge in [0.15, 0.2) is 17.2 Å². The van der Waals surface area contributed by atoms with Crippen molar-refractivity contribution in [1.29, 1.82) is 0 Å². The molecule has 5 heterocycles. The molecule has 0 aliphatic carbocycles. The molecule has 3 aromatic heterocycles. The molecule has 10 nitrogen and oxygen atoms in total. The van der Waals surface area contributed by atoms with Gasteiger partial charge in [0.25, 0.3) is 10.0 Å². The number of nitrogens with zero attached hydrogens (tertiary/aromatic N) is 5. The highest BCUT2D eigenvalue weighted by molar-refractivity contribution is 7.90. The van der Waals surface area contributed by atoms with Gasteiger partial charge in [-0.1, -0.05) is 23.8 Å². The Kier molecular flexibility index (Phi) is 8.60. The average molecular weight is 646 g/mol. The Morgan fingerprint density at radius 3 is 2.41 bits per heavy atom. The van der Waals surface area contributed by atoms with Gasteiger partial charge < -0.3 is 14.2 Å². The number of ether oxygens (including phenoxy) is 3. The van der Waals surface area contributed by atoms with E-state index in [1.165, 1.54) is 16.2 Å². The van der Waals surface area contributed by atoms with Crippen LogP contribution in [0.4, 0.5) is 4.39 Å². The first-order valence-electron chi connectivity index (χ1n) is 15.6. The summed E-state index contributed by atoms with van der Waals surface area (Å²) in [5.41, 5.74) is 3.88. The van der Waals surface area contributed by atoms with Gasteiger partial charge >= 0.3 is 0 Å². The molecule has 0 N–H and O–H groups in total. The third-order valence-corrected chi connectivity index (χ3v) is 10.3. The molecule has 2 aromatic carbocycles. The zero-order valence-electron chi connectivity index (χ0n) is 25.6. The van der Waals surface area contributed by atoms with Crippen molar-refractivity contribution in [2.45, 2.75) is 37.3 Å². The monoisotopic (exact) mass is 645 g/mol. The molecule has 0 unspecified atom stereocenters. The molecule has 2 saturated heterocycles. The van der Waals surface area contributed by atoms with Gasteiger partial charge in [0.05, 0.1) is 44.1 Å². The SMILES string of the molecule is Cc1ccc(S(=O)(=O)n2cc(-c3ccc(OC4CCOCC4)c(F)c3)c3cc(-c4cnn(CCN5CCOCC5)c4)cnc32)cc1. The van der Waals surface area contributed by atoms with Crippen molar-refractivity contribution >= 4 is 21.1 Å². The highest BCUT2D eigenvalue weighted by atomic mass is 32.2. The summed E-state index contributed by atoms with van der Waals surface area (Å²) in [7, 11) is -4.00. The number of rotatable bonds is 9. The number of benzene rings is 2. The minimum atomic E-state index is -4.00. The van der Waals surface area contributed by atoms with E-state index in [4.69, 9.17) is 14.2 Å². The molecule has 7 rings (SSSR count). The van der Waals surface area contributed by atoms with Crippen LogP contribution in [0.2, 0.25) is 0 Å². The summed E-state index contributed by atoms with van der Waals surface area (Å²) in [5.74, 6) is -0.355. The number of morpholine rings is 1. The molecule has 0 saturated carbocycles. The van der Waals surface area contributed by atoms with Gasteiger partial charge in [0, 0.05) is 73.1 Å². The minimum Gasteiger partial charge on any atom is -0.487 e. The predicted octanol–water partition coefficient (Wildman–Crippen LogP) is 5.14. The van der Waals surface area contributed by atoms with Crippen LogP contribution in [0.25, 0.3) is 33.3 Å². The molecule has 0 atom stereocenters. The third kappa shape index (κ3) is 6.30. The van der Waals surface area contributed by atoms with Crippen molar-refractivity contribution in [2.75, 3.05) is 46.1 Å². The van der Waals surface area contributed by atoms with E-state index in [2.05, 4.69) is 15.0 Å². The molecule has 2 aliphatic heterocycles. The van der Waals surface area contributed by atoms with Crippen molar-refractivity contribution in [3.05, 3.63) is 84.7 Å². The molecule has 2 fully saturated rings. The van der Waals surface area contributed by atoms with E-state index < -0.39 is 15.8 Å². The number of halogens is 1. The fourth-order valence-electron chi connectivity index (χ4n) is 5.92. The quantitative estimate of drug-likeness (QED) is 0.217. The number of pyridine rings is 1. The normalized spacial score (nSPS) is 16.7. The van der Waals surface area contributed by atoms with E-state index in [0.29, 0.717) is 42.6 Å². The fourth-order valence-corrected chi connectivity index (χ4v) is 7.24. The topological polar surface area (TPSA) is 101 Å². The van der Waals surface area contributed by atoms with Crippen molar-refractivity contribution in [3.63, 3.8) is 0 Å².